The maximum Gasteiger partial charge on any atom is 0.397 e. The van der Waals surface area contributed by atoms with Crippen LogP contribution in [0, 0.1) is 0 Å². The van der Waals surface area contributed by atoms with Crippen LogP contribution in [0.25, 0.3) is 0 Å². The molecular weight excluding hydrogens is 423 g/mol. The van der Waals surface area contributed by atoms with Crippen molar-refractivity contribution in [1.82, 2.24) is 0 Å². The average molecular weight is 450 g/mol. The highest BCUT2D eigenvalue weighted by Gasteiger charge is 2.58. The number of fused-ring (bicyclic) bond motifs is 1. The molecule has 2 fully saturated rings. The topological polar surface area (TPSA) is 151 Å². The van der Waals surface area contributed by atoms with Crippen molar-refractivity contribution < 1.29 is 54.6 Å². The normalized spacial score (nSPS) is 33.0. The van der Waals surface area contributed by atoms with Gasteiger partial charge in [-0.05, 0) is 27.7 Å². The molecule has 0 amide bonds. The Labute approximate surface area is 164 Å². The van der Waals surface area contributed by atoms with E-state index in [1.807, 2.05) is 0 Å². The minimum Gasteiger partial charge on any atom is -0.606 e. The molecule has 0 aromatic heterocycles. The van der Waals surface area contributed by atoms with Crippen LogP contribution in [-0.2, 0) is 47.1 Å². The molecule has 2 aliphatic rings. The van der Waals surface area contributed by atoms with Gasteiger partial charge < -0.3 is 23.8 Å². The zero-order valence-electron chi connectivity index (χ0n) is 16.3. The van der Waals surface area contributed by atoms with Crippen molar-refractivity contribution in [3.05, 3.63) is 0 Å². The molecule has 166 valence electrons. The first-order chi connectivity index (χ1) is 12.9. The van der Waals surface area contributed by atoms with Crippen molar-refractivity contribution in [2.24, 2.45) is 0 Å². The quantitative estimate of drug-likeness (QED) is 0.357. The van der Waals surface area contributed by atoms with Crippen molar-refractivity contribution in [2.45, 2.75) is 64.2 Å². The van der Waals surface area contributed by atoms with Gasteiger partial charge in [-0.25, -0.2) is 4.18 Å². The third-order valence-corrected chi connectivity index (χ3v) is 5.95. The average Bonchev–Trinajstić information content (AvgIpc) is 2.89. The molecule has 2 rings (SSSR count). The molecule has 5 atom stereocenters. The van der Waals surface area contributed by atoms with Crippen LogP contribution < -0.4 is 4.89 Å². The van der Waals surface area contributed by atoms with Gasteiger partial charge in [-0.15, -0.1) is 0 Å². The lowest BCUT2D eigenvalue weighted by Gasteiger charge is -2.40. The van der Waals surface area contributed by atoms with Crippen LogP contribution in [0.5, 0.6) is 0 Å². The Morgan fingerprint density at radius 3 is 2.18 bits per heavy atom. The Morgan fingerprint density at radius 1 is 1.11 bits per heavy atom. The number of phosphoric ester groups is 1. The van der Waals surface area contributed by atoms with Gasteiger partial charge in [-0.3, -0.25) is 4.55 Å². The number of hydrogen-bond acceptors (Lipinski definition) is 11. The first-order valence-electron chi connectivity index (χ1n) is 8.67. The molecule has 0 unspecified atom stereocenters. The van der Waals surface area contributed by atoms with Gasteiger partial charge in [-0.2, -0.15) is 22.0 Å². The van der Waals surface area contributed by atoms with Crippen molar-refractivity contribution in [3.63, 3.8) is 0 Å². The molecule has 0 bridgehead atoms. The van der Waals surface area contributed by atoms with Crippen LogP contribution in [0.2, 0.25) is 0 Å². The van der Waals surface area contributed by atoms with E-state index in [0.717, 1.165) is 0 Å². The van der Waals surface area contributed by atoms with E-state index >= 15 is 0 Å². The number of hydrogen-bond donors (Lipinski definition) is 1. The number of phosphoric acid groups is 1. The number of ether oxygens (including phenoxy) is 4. The van der Waals surface area contributed by atoms with Crippen LogP contribution in [0.1, 0.15) is 27.7 Å². The molecule has 0 aromatic rings. The first-order valence-corrected chi connectivity index (χ1v) is 11.5. The molecule has 28 heavy (non-hydrogen) atoms. The summed E-state index contributed by atoms with van der Waals surface area (Å²) < 4.78 is 74.3. The predicted octanol–water partition coefficient (Wildman–Crippen LogP) is 0.193. The summed E-state index contributed by atoms with van der Waals surface area (Å²) in [5.41, 5.74) is 0. The smallest absolute Gasteiger partial charge is 0.397 e. The standard InChI is InChI=1S/C14H27O12PS/c1-6-20-27(15,21-7-2)22-8-9-10(26-28(16,17)18)11-12(13(19-5)23-9)25-14(3,4)24-11/h9-13H,6-8H2,1-5H3,(H,16,17,18)/t9-,10-,11+,12+,13+/m1/s1. The Bertz CT molecular complexity index is 607. The Morgan fingerprint density at radius 2 is 1.68 bits per heavy atom. The van der Waals surface area contributed by atoms with Gasteiger partial charge in [0, 0.05) is 7.11 Å². The van der Waals surface area contributed by atoms with Crippen molar-refractivity contribution in [1.29, 1.82) is 0 Å². The van der Waals surface area contributed by atoms with Gasteiger partial charge in [0.05, 0.1) is 13.2 Å². The lowest BCUT2D eigenvalue weighted by atomic mass is 9.99. The fraction of sp³-hybridized carbons (Fsp3) is 1.00. The van der Waals surface area contributed by atoms with E-state index in [9.17, 15) is 17.9 Å². The van der Waals surface area contributed by atoms with Gasteiger partial charge in [0.2, 0.25) is 0 Å². The molecule has 14 heteroatoms. The van der Waals surface area contributed by atoms with E-state index in [1.165, 1.54) is 7.11 Å². The van der Waals surface area contributed by atoms with Crippen molar-refractivity contribution >= 4 is 18.6 Å². The summed E-state index contributed by atoms with van der Waals surface area (Å²) in [7, 11) is -7.42. The van der Waals surface area contributed by atoms with Crippen molar-refractivity contribution in [2.75, 3.05) is 26.9 Å². The van der Waals surface area contributed by atoms with Gasteiger partial charge in [-0.1, -0.05) is 0 Å². The maximum absolute atomic E-state index is 12.5. The molecule has 0 radical (unpaired) electrons. The Kier molecular flexibility index (Phi) is 8.15. The molecule has 0 saturated carbocycles. The number of methoxy groups -OCH3 is 1. The minimum absolute atomic E-state index is 0.0598. The Hall–Kier alpha value is -0.0200. The largest absolute Gasteiger partial charge is 0.606 e. The second kappa shape index (κ2) is 9.41. The SMILES string of the molecule is CCO[P+]([O-])(OCC)OC[C@H]1O[C@H](OC)[C@H]2OC(C)(C)O[C@H]2[C@@H]1OS(=O)(=O)O. The third kappa shape index (κ3) is 6.24. The summed E-state index contributed by atoms with van der Waals surface area (Å²) in [4.78, 5) is 12.5. The van der Waals surface area contributed by atoms with E-state index in [-0.39, 0.29) is 13.2 Å². The minimum atomic E-state index is -4.87. The highest BCUT2D eigenvalue weighted by molar-refractivity contribution is 7.80. The van der Waals surface area contributed by atoms with E-state index < -0.39 is 61.7 Å². The monoisotopic (exact) mass is 450 g/mol. The van der Waals surface area contributed by atoms with E-state index in [4.69, 9.17) is 36.7 Å². The van der Waals surface area contributed by atoms with Crippen LogP contribution in [0.3, 0.4) is 0 Å². The maximum atomic E-state index is 12.5. The molecule has 2 aliphatic heterocycles. The highest BCUT2D eigenvalue weighted by atomic mass is 32.3. The fourth-order valence-corrected chi connectivity index (χ4v) is 4.69. The van der Waals surface area contributed by atoms with Crippen molar-refractivity contribution in [3.8, 4) is 0 Å². The van der Waals surface area contributed by atoms with Crippen LogP contribution in [0.4, 0.5) is 0 Å². The molecule has 12 nitrogen and oxygen atoms in total. The van der Waals surface area contributed by atoms with Gasteiger partial charge in [0.1, 0.15) is 31.0 Å². The second-order valence-electron chi connectivity index (χ2n) is 6.41. The summed E-state index contributed by atoms with van der Waals surface area (Å²) in [6.07, 6.45) is -5.32. The number of rotatable bonds is 10. The zero-order chi connectivity index (χ0) is 21.2. The molecule has 0 spiro atoms. The van der Waals surface area contributed by atoms with Crippen LogP contribution in [-0.4, -0.2) is 76.4 Å². The molecule has 0 aliphatic carbocycles. The molecule has 0 aromatic carbocycles. The fourth-order valence-electron chi connectivity index (χ4n) is 2.99. The highest BCUT2D eigenvalue weighted by Crippen LogP contribution is 2.54. The molecular formula is C14H27O12PS. The molecule has 2 saturated heterocycles. The predicted molar refractivity (Wildman–Crippen MR) is 92.0 cm³/mol. The molecule has 1 N–H and O–H groups in total. The lowest BCUT2D eigenvalue weighted by Crippen LogP contribution is -2.59. The van der Waals surface area contributed by atoms with E-state index in [0.29, 0.717) is 0 Å². The summed E-state index contributed by atoms with van der Waals surface area (Å²) in [5.74, 6) is -1.09. The summed E-state index contributed by atoms with van der Waals surface area (Å²) >= 11 is 0. The van der Waals surface area contributed by atoms with Crippen LogP contribution >= 0.6 is 8.17 Å². The summed E-state index contributed by atoms with van der Waals surface area (Å²) in [5, 5.41) is 0. The lowest BCUT2D eigenvalue weighted by molar-refractivity contribution is -0.279. The zero-order valence-corrected chi connectivity index (χ0v) is 18.0. The summed E-state index contributed by atoms with van der Waals surface area (Å²) in [6.45, 7) is 6.11. The van der Waals surface area contributed by atoms with E-state index in [2.05, 4.69) is 0 Å². The van der Waals surface area contributed by atoms with E-state index in [1.54, 1.807) is 27.7 Å². The van der Waals surface area contributed by atoms with Gasteiger partial charge in [0.25, 0.3) is 0 Å². The van der Waals surface area contributed by atoms with Crippen LogP contribution in [0.15, 0.2) is 0 Å². The Balaban J connectivity index is 2.24. The van der Waals surface area contributed by atoms with Gasteiger partial charge in [0.15, 0.2) is 12.1 Å². The summed E-state index contributed by atoms with van der Waals surface area (Å²) in [6, 6.07) is 0. The first kappa shape index (κ1) is 24.3. The third-order valence-electron chi connectivity index (χ3n) is 3.87. The van der Waals surface area contributed by atoms with Gasteiger partial charge >= 0.3 is 18.6 Å². The molecule has 2 heterocycles. The second-order valence-corrected chi connectivity index (χ2v) is 9.13.